The van der Waals surface area contributed by atoms with Gasteiger partial charge in [-0.3, -0.25) is 9.59 Å². The Morgan fingerprint density at radius 3 is 2.38 bits per heavy atom. The molecule has 0 bridgehead atoms. The average molecular weight is 516 g/mol. The number of hydrogen-bond donors (Lipinski definition) is 2. The number of aliphatic hydroxyl groups excluding tert-OH is 1. The largest absolute Gasteiger partial charge is 0.393 e. The SMILES string of the molecule is CCC(C)NC(=O)CCCCCCCCC[C@@H]1C[C@H]2CC(=O)CC[C@]2(C)[C@H]2CC[C@]3(C)[C@@H](O)CC[C@H]3[C@H]12. The number of fused-ring (bicyclic) bond motifs is 5. The number of nitrogens with one attached hydrogen (secondary N) is 1. The molecule has 1 unspecified atom stereocenters. The zero-order valence-electron chi connectivity index (χ0n) is 24.5. The third-order valence-corrected chi connectivity index (χ3v) is 12.1. The molecule has 37 heavy (non-hydrogen) atoms. The molecule has 0 heterocycles. The van der Waals surface area contributed by atoms with Crippen LogP contribution in [0.4, 0.5) is 0 Å². The van der Waals surface area contributed by atoms with Crippen molar-refractivity contribution in [2.45, 2.75) is 155 Å². The van der Waals surface area contributed by atoms with E-state index in [0.717, 1.165) is 62.7 Å². The molecule has 4 rings (SSSR count). The molecule has 0 aromatic heterocycles. The second-order valence-corrected chi connectivity index (χ2v) is 14.3. The van der Waals surface area contributed by atoms with Crippen molar-refractivity contribution in [1.29, 1.82) is 0 Å². The van der Waals surface area contributed by atoms with Gasteiger partial charge in [0.15, 0.2) is 0 Å². The molecule has 0 radical (unpaired) electrons. The van der Waals surface area contributed by atoms with Crippen LogP contribution in [-0.4, -0.2) is 28.9 Å². The van der Waals surface area contributed by atoms with Gasteiger partial charge < -0.3 is 10.4 Å². The standard InChI is InChI=1S/C33H57NO3/c1-5-23(2)34-30(37)14-12-10-8-6-7-9-11-13-24-21-25-22-26(35)17-19-32(25,3)28-18-20-33(4)27(31(24)28)15-16-29(33)36/h23-25,27-29,31,36H,5-22H2,1-4H3,(H,34,37)/t23?,24-,25+,27+,28+,29+,31+,32+,33+/m1/s1. The number of carbonyl (C=O) groups excluding carboxylic acids is 2. The van der Waals surface area contributed by atoms with Crippen molar-refractivity contribution in [1.82, 2.24) is 5.32 Å². The predicted molar refractivity (Wildman–Crippen MR) is 151 cm³/mol. The topological polar surface area (TPSA) is 66.4 Å². The minimum absolute atomic E-state index is 0.112. The smallest absolute Gasteiger partial charge is 0.220 e. The molecular weight excluding hydrogens is 458 g/mol. The van der Waals surface area contributed by atoms with E-state index in [2.05, 4.69) is 33.0 Å². The maximum absolute atomic E-state index is 12.5. The van der Waals surface area contributed by atoms with Gasteiger partial charge >= 0.3 is 0 Å². The first-order valence-corrected chi connectivity index (χ1v) is 16.2. The molecule has 4 aliphatic carbocycles. The van der Waals surface area contributed by atoms with Crippen molar-refractivity contribution < 1.29 is 14.7 Å². The van der Waals surface area contributed by atoms with E-state index < -0.39 is 0 Å². The zero-order valence-corrected chi connectivity index (χ0v) is 24.5. The van der Waals surface area contributed by atoms with E-state index in [4.69, 9.17) is 0 Å². The van der Waals surface area contributed by atoms with Crippen molar-refractivity contribution in [3.63, 3.8) is 0 Å². The zero-order chi connectivity index (χ0) is 26.6. The van der Waals surface area contributed by atoms with Gasteiger partial charge in [-0.25, -0.2) is 0 Å². The van der Waals surface area contributed by atoms with Gasteiger partial charge in [0.05, 0.1) is 6.10 Å². The van der Waals surface area contributed by atoms with E-state index in [1.807, 2.05) is 0 Å². The van der Waals surface area contributed by atoms with Crippen molar-refractivity contribution in [3.8, 4) is 0 Å². The van der Waals surface area contributed by atoms with Gasteiger partial charge in [0.2, 0.25) is 5.91 Å². The van der Waals surface area contributed by atoms with Crippen LogP contribution in [0.2, 0.25) is 0 Å². The molecule has 4 aliphatic rings. The molecule has 9 atom stereocenters. The number of rotatable bonds is 12. The number of unbranched alkanes of at least 4 members (excludes halogenated alkanes) is 6. The van der Waals surface area contributed by atoms with E-state index >= 15 is 0 Å². The summed E-state index contributed by atoms with van der Waals surface area (Å²) < 4.78 is 0. The lowest BCUT2D eigenvalue weighted by molar-refractivity contribution is -0.156. The quantitative estimate of drug-likeness (QED) is 0.263. The lowest BCUT2D eigenvalue weighted by Crippen LogP contribution is -2.57. The second-order valence-electron chi connectivity index (χ2n) is 14.3. The summed E-state index contributed by atoms with van der Waals surface area (Å²) in [7, 11) is 0. The Morgan fingerprint density at radius 1 is 0.973 bits per heavy atom. The van der Waals surface area contributed by atoms with Crippen LogP contribution in [0.5, 0.6) is 0 Å². The molecule has 4 nitrogen and oxygen atoms in total. The number of ketones is 1. The van der Waals surface area contributed by atoms with Gasteiger partial charge in [-0.15, -0.1) is 0 Å². The van der Waals surface area contributed by atoms with Crippen molar-refractivity contribution in [2.75, 3.05) is 0 Å². The molecule has 4 saturated carbocycles. The fourth-order valence-corrected chi connectivity index (χ4v) is 9.52. The normalized spacial score (nSPS) is 40.0. The van der Waals surface area contributed by atoms with Crippen molar-refractivity contribution >= 4 is 11.7 Å². The van der Waals surface area contributed by atoms with Crippen LogP contribution in [0, 0.1) is 40.4 Å². The van der Waals surface area contributed by atoms with Crippen LogP contribution < -0.4 is 5.32 Å². The van der Waals surface area contributed by atoms with E-state index in [0.29, 0.717) is 35.5 Å². The highest BCUT2D eigenvalue weighted by molar-refractivity contribution is 5.79. The number of carbonyl (C=O) groups is 2. The molecule has 0 aliphatic heterocycles. The molecule has 0 spiro atoms. The van der Waals surface area contributed by atoms with Crippen LogP contribution in [0.1, 0.15) is 143 Å². The maximum atomic E-state index is 12.5. The highest BCUT2D eigenvalue weighted by Gasteiger charge is 2.62. The first-order valence-electron chi connectivity index (χ1n) is 16.2. The molecule has 4 heteroatoms. The fourth-order valence-electron chi connectivity index (χ4n) is 9.52. The highest BCUT2D eigenvalue weighted by atomic mass is 16.3. The molecule has 0 saturated heterocycles. The van der Waals surface area contributed by atoms with Gasteiger partial charge in [-0.05, 0) is 98.7 Å². The number of aliphatic hydroxyl groups is 1. The van der Waals surface area contributed by atoms with E-state index in [1.165, 1.54) is 64.2 Å². The van der Waals surface area contributed by atoms with Crippen LogP contribution in [0.15, 0.2) is 0 Å². The van der Waals surface area contributed by atoms with Gasteiger partial charge in [-0.2, -0.15) is 0 Å². The van der Waals surface area contributed by atoms with Crippen LogP contribution in [-0.2, 0) is 9.59 Å². The monoisotopic (exact) mass is 515 g/mol. The second kappa shape index (κ2) is 12.5. The summed E-state index contributed by atoms with van der Waals surface area (Å²) in [6.45, 7) is 9.12. The summed E-state index contributed by atoms with van der Waals surface area (Å²) in [4.78, 5) is 24.4. The summed E-state index contributed by atoms with van der Waals surface area (Å²) in [6, 6.07) is 0.292. The van der Waals surface area contributed by atoms with Crippen LogP contribution in [0.3, 0.4) is 0 Å². The number of Topliss-reactive ketones (excluding diaryl/α,β-unsaturated/α-hetero) is 1. The van der Waals surface area contributed by atoms with Crippen LogP contribution in [0.25, 0.3) is 0 Å². The van der Waals surface area contributed by atoms with Crippen molar-refractivity contribution in [2.24, 2.45) is 40.4 Å². The molecule has 4 fully saturated rings. The summed E-state index contributed by atoms with van der Waals surface area (Å²) in [5.41, 5.74) is 0.466. The third kappa shape index (κ3) is 6.30. The average Bonchev–Trinajstić information content (AvgIpc) is 3.17. The fraction of sp³-hybridized carbons (Fsp3) is 0.939. The third-order valence-electron chi connectivity index (χ3n) is 12.1. The molecular formula is C33H57NO3. The number of amides is 1. The molecule has 2 N–H and O–H groups in total. The van der Waals surface area contributed by atoms with Gasteiger partial charge in [0.1, 0.15) is 5.78 Å². The van der Waals surface area contributed by atoms with E-state index in [1.54, 1.807) is 0 Å². The Balaban J connectivity index is 1.24. The minimum Gasteiger partial charge on any atom is -0.393 e. The Hall–Kier alpha value is -0.900. The molecule has 212 valence electrons. The van der Waals surface area contributed by atoms with E-state index in [9.17, 15) is 14.7 Å². The first kappa shape index (κ1) is 29.1. The lowest BCUT2D eigenvalue weighted by atomic mass is 9.42. The summed E-state index contributed by atoms with van der Waals surface area (Å²) in [6.07, 6.45) is 20.2. The molecule has 0 aromatic rings. The Morgan fingerprint density at radius 2 is 1.65 bits per heavy atom. The summed E-state index contributed by atoms with van der Waals surface area (Å²) in [5.74, 6) is 4.25. The van der Waals surface area contributed by atoms with Crippen molar-refractivity contribution in [3.05, 3.63) is 0 Å². The first-order chi connectivity index (χ1) is 17.7. The Bertz CT molecular complexity index is 782. The van der Waals surface area contributed by atoms with E-state index in [-0.39, 0.29) is 17.4 Å². The Kier molecular flexibility index (Phi) is 9.84. The summed E-state index contributed by atoms with van der Waals surface area (Å²) in [5, 5.41) is 14.0. The number of hydrogen-bond acceptors (Lipinski definition) is 3. The minimum atomic E-state index is -0.112. The van der Waals surface area contributed by atoms with Gasteiger partial charge in [0, 0.05) is 25.3 Å². The van der Waals surface area contributed by atoms with Gasteiger partial charge in [0.25, 0.3) is 0 Å². The summed E-state index contributed by atoms with van der Waals surface area (Å²) >= 11 is 0. The highest BCUT2D eigenvalue weighted by Crippen LogP contribution is 2.67. The predicted octanol–water partition coefficient (Wildman–Crippen LogP) is 7.61. The van der Waals surface area contributed by atoms with Crippen LogP contribution >= 0.6 is 0 Å². The molecule has 1 amide bonds. The molecule has 0 aromatic carbocycles. The lowest BCUT2D eigenvalue weighted by Gasteiger charge is -2.62. The maximum Gasteiger partial charge on any atom is 0.220 e. The van der Waals surface area contributed by atoms with Gasteiger partial charge in [-0.1, -0.05) is 65.7 Å². The Labute approximate surface area is 227 Å².